The number of hydrogen-bond acceptors (Lipinski definition) is 2. The van der Waals surface area contributed by atoms with Gasteiger partial charge in [-0.15, -0.1) is 5.46 Å². The third-order valence-electron chi connectivity index (χ3n) is 2.43. The molecule has 0 aromatic heterocycles. The van der Waals surface area contributed by atoms with Crippen LogP contribution in [0.3, 0.4) is 0 Å². The van der Waals surface area contributed by atoms with E-state index in [4.69, 9.17) is 9.47 Å². The molecule has 1 saturated heterocycles. The van der Waals surface area contributed by atoms with Gasteiger partial charge in [-0.2, -0.15) is 0 Å². The molecule has 2 rings (SSSR count). The molecule has 2 nitrogen and oxygen atoms in total. The molecule has 1 fully saturated rings. The summed E-state index contributed by atoms with van der Waals surface area (Å²) in [4.78, 5) is 0. The van der Waals surface area contributed by atoms with Crippen molar-refractivity contribution in [3.8, 4) is 5.75 Å². The van der Waals surface area contributed by atoms with Crippen molar-refractivity contribution in [2.45, 2.75) is 12.5 Å². The van der Waals surface area contributed by atoms with Crippen LogP contribution in [0.1, 0.15) is 6.42 Å². The molecular weight excluding hydrogens is 220 g/mol. The van der Waals surface area contributed by atoms with Crippen molar-refractivity contribution in [3.63, 3.8) is 0 Å². The van der Waals surface area contributed by atoms with Gasteiger partial charge in [0.1, 0.15) is 11.9 Å². The fourth-order valence-electron chi connectivity index (χ4n) is 1.59. The Balaban J connectivity index is 2.09. The highest BCUT2D eigenvalue weighted by atomic mass is 19.4. The van der Waals surface area contributed by atoms with Crippen molar-refractivity contribution in [3.05, 3.63) is 24.3 Å². The molecule has 1 aromatic rings. The third-order valence-corrected chi connectivity index (χ3v) is 2.43. The van der Waals surface area contributed by atoms with Crippen molar-refractivity contribution in [1.29, 1.82) is 0 Å². The Hall–Kier alpha value is -1.17. The van der Waals surface area contributed by atoms with Gasteiger partial charge in [0.2, 0.25) is 0 Å². The molecule has 1 aromatic carbocycles. The van der Waals surface area contributed by atoms with Gasteiger partial charge in [0, 0.05) is 6.42 Å². The summed E-state index contributed by atoms with van der Waals surface area (Å²) in [5.74, 6) is 0.257. The Morgan fingerprint density at radius 3 is 2.75 bits per heavy atom. The monoisotopic (exact) mass is 231 g/mol. The molecule has 1 aliphatic heterocycles. The second kappa shape index (κ2) is 4.37. The first-order chi connectivity index (χ1) is 7.55. The third kappa shape index (κ3) is 2.69. The molecule has 0 N–H and O–H groups in total. The Kier molecular flexibility index (Phi) is 3.09. The zero-order chi connectivity index (χ0) is 11.6. The molecule has 0 amide bonds. The Bertz CT molecular complexity index is 361. The van der Waals surface area contributed by atoms with Crippen molar-refractivity contribution in [2.24, 2.45) is 0 Å². The van der Waals surface area contributed by atoms with Crippen LogP contribution >= 0.6 is 0 Å². The van der Waals surface area contributed by atoms with E-state index in [1.165, 1.54) is 12.1 Å². The summed E-state index contributed by atoms with van der Waals surface area (Å²) in [6.07, 6.45) is 0.595. The van der Waals surface area contributed by atoms with Crippen LogP contribution in [0.2, 0.25) is 0 Å². The smallest absolute Gasteiger partial charge is 0.488 e. The standard InChI is InChI=1S/C10H11BF3O2/c12-11(13,14)8-2-1-3-9(6-8)16-10-4-5-15-7-10/h1-3,6,10H,4-5,7H2/q-1. The first-order valence-corrected chi connectivity index (χ1v) is 5.10. The SMILES string of the molecule is F[B-](F)(F)c1cccc(OC2CCOC2)c1. The lowest BCUT2D eigenvalue weighted by Gasteiger charge is -2.17. The van der Waals surface area contributed by atoms with Crippen LogP contribution in [0.25, 0.3) is 0 Å². The lowest BCUT2D eigenvalue weighted by molar-refractivity contribution is 0.141. The summed E-state index contributed by atoms with van der Waals surface area (Å²) in [6.45, 7) is -3.91. The van der Waals surface area contributed by atoms with E-state index >= 15 is 0 Å². The lowest BCUT2D eigenvalue weighted by atomic mass is 9.80. The van der Waals surface area contributed by atoms with E-state index in [0.29, 0.717) is 13.2 Å². The molecule has 0 spiro atoms. The first-order valence-electron chi connectivity index (χ1n) is 5.10. The minimum absolute atomic E-state index is 0.129. The Morgan fingerprint density at radius 2 is 2.12 bits per heavy atom. The summed E-state index contributed by atoms with van der Waals surface area (Å²) in [5.41, 5.74) is -0.628. The van der Waals surface area contributed by atoms with Gasteiger partial charge in [-0.3, -0.25) is 0 Å². The maximum absolute atomic E-state index is 12.5. The van der Waals surface area contributed by atoms with E-state index in [9.17, 15) is 12.9 Å². The maximum atomic E-state index is 12.5. The Morgan fingerprint density at radius 1 is 1.31 bits per heavy atom. The minimum atomic E-state index is -4.96. The van der Waals surface area contributed by atoms with Crippen LogP contribution in [-0.2, 0) is 4.74 Å². The number of hydrogen-bond donors (Lipinski definition) is 0. The molecule has 0 radical (unpaired) electrons. The van der Waals surface area contributed by atoms with Crippen LogP contribution in [0.15, 0.2) is 24.3 Å². The van der Waals surface area contributed by atoms with E-state index in [0.717, 1.165) is 18.6 Å². The molecule has 0 bridgehead atoms. The highest BCUT2D eigenvalue weighted by Gasteiger charge is 2.26. The molecule has 1 aliphatic rings. The predicted octanol–water partition coefficient (Wildman–Crippen LogP) is 1.91. The highest BCUT2D eigenvalue weighted by Crippen LogP contribution is 2.18. The maximum Gasteiger partial charge on any atom is 0.509 e. The van der Waals surface area contributed by atoms with E-state index < -0.39 is 12.4 Å². The van der Waals surface area contributed by atoms with Crippen LogP contribution in [0.5, 0.6) is 5.75 Å². The minimum Gasteiger partial charge on any atom is -0.488 e. The number of halogens is 3. The molecule has 88 valence electrons. The largest absolute Gasteiger partial charge is 0.509 e. The normalized spacial score (nSPS) is 21.1. The highest BCUT2D eigenvalue weighted by molar-refractivity contribution is 6.73. The van der Waals surface area contributed by atoms with E-state index in [2.05, 4.69) is 0 Å². The van der Waals surface area contributed by atoms with Crippen LogP contribution in [0.4, 0.5) is 12.9 Å². The molecule has 0 saturated carbocycles. The predicted molar refractivity (Wildman–Crippen MR) is 55.0 cm³/mol. The van der Waals surface area contributed by atoms with Gasteiger partial charge >= 0.3 is 6.98 Å². The zero-order valence-corrected chi connectivity index (χ0v) is 8.54. The van der Waals surface area contributed by atoms with Gasteiger partial charge < -0.3 is 22.4 Å². The van der Waals surface area contributed by atoms with E-state index in [1.54, 1.807) is 0 Å². The summed E-state index contributed by atoms with van der Waals surface area (Å²) in [5, 5.41) is 0. The molecule has 0 aliphatic carbocycles. The van der Waals surface area contributed by atoms with Crippen LogP contribution in [-0.4, -0.2) is 26.3 Å². The van der Waals surface area contributed by atoms with Gasteiger partial charge in [-0.05, 0) is 12.1 Å². The molecule has 6 heteroatoms. The lowest BCUT2D eigenvalue weighted by Crippen LogP contribution is -2.34. The Labute approximate surface area is 91.4 Å². The van der Waals surface area contributed by atoms with Gasteiger partial charge in [0.05, 0.1) is 13.2 Å². The summed E-state index contributed by atoms with van der Waals surface area (Å²) in [7, 11) is 0. The topological polar surface area (TPSA) is 18.5 Å². The van der Waals surface area contributed by atoms with Crippen molar-refractivity contribution in [2.75, 3.05) is 13.2 Å². The van der Waals surface area contributed by atoms with Gasteiger partial charge in [-0.25, -0.2) is 0 Å². The van der Waals surface area contributed by atoms with Gasteiger partial charge in [0.25, 0.3) is 0 Å². The molecule has 1 atom stereocenters. The van der Waals surface area contributed by atoms with Gasteiger partial charge in [-0.1, -0.05) is 12.1 Å². The summed E-state index contributed by atoms with van der Waals surface area (Å²) < 4.78 is 47.9. The molecule has 1 unspecified atom stereocenters. The zero-order valence-electron chi connectivity index (χ0n) is 8.54. The van der Waals surface area contributed by atoms with E-state index in [-0.39, 0.29) is 11.9 Å². The van der Waals surface area contributed by atoms with Crippen molar-refractivity contribution < 1.29 is 22.4 Å². The average Bonchev–Trinajstić information content (AvgIpc) is 2.70. The molecular formula is C10H11BF3O2-. The number of benzene rings is 1. The van der Waals surface area contributed by atoms with Crippen LogP contribution in [0, 0.1) is 0 Å². The summed E-state index contributed by atoms with van der Waals surface area (Å²) >= 11 is 0. The molecule has 16 heavy (non-hydrogen) atoms. The number of ether oxygens (including phenoxy) is 2. The van der Waals surface area contributed by atoms with Gasteiger partial charge in [0.15, 0.2) is 0 Å². The average molecular weight is 231 g/mol. The quantitative estimate of drug-likeness (QED) is 0.739. The fourth-order valence-corrected chi connectivity index (χ4v) is 1.59. The van der Waals surface area contributed by atoms with Crippen molar-refractivity contribution in [1.82, 2.24) is 0 Å². The second-order valence-corrected chi connectivity index (χ2v) is 3.75. The first kappa shape index (κ1) is 11.3. The van der Waals surface area contributed by atoms with Crippen molar-refractivity contribution >= 4 is 12.4 Å². The summed E-state index contributed by atoms with van der Waals surface area (Å²) in [6, 6.07) is 4.98. The van der Waals surface area contributed by atoms with Crippen LogP contribution < -0.4 is 10.2 Å². The fraction of sp³-hybridized carbons (Fsp3) is 0.400. The second-order valence-electron chi connectivity index (χ2n) is 3.75. The molecule has 1 heterocycles. The van der Waals surface area contributed by atoms with E-state index in [1.807, 2.05) is 0 Å². The number of rotatable bonds is 3.